The molecule has 0 radical (unpaired) electrons. The van der Waals surface area contributed by atoms with Crippen LogP contribution in [0.1, 0.15) is 27.0 Å². The van der Waals surface area contributed by atoms with Crippen molar-refractivity contribution in [1.29, 1.82) is 0 Å². The molecule has 2 aromatic rings. The smallest absolute Gasteiger partial charge is 0.265 e. The highest BCUT2D eigenvalue weighted by molar-refractivity contribution is 7.89. The molecule has 0 fully saturated rings. The van der Waals surface area contributed by atoms with Crippen molar-refractivity contribution >= 4 is 33.0 Å². The molecule has 0 saturated heterocycles. The predicted molar refractivity (Wildman–Crippen MR) is 93.7 cm³/mol. The molecule has 5 nitrogen and oxygen atoms in total. The largest absolute Gasteiger partial charge is 0.321 e. The van der Waals surface area contributed by atoms with Gasteiger partial charge in [0.2, 0.25) is 10.0 Å². The van der Waals surface area contributed by atoms with Gasteiger partial charge in [-0.25, -0.2) is 12.7 Å². The van der Waals surface area contributed by atoms with Gasteiger partial charge in [-0.2, -0.15) is 0 Å². The van der Waals surface area contributed by atoms with Gasteiger partial charge in [0.15, 0.2) is 0 Å². The van der Waals surface area contributed by atoms with Crippen molar-refractivity contribution in [3.05, 3.63) is 45.6 Å². The lowest BCUT2D eigenvalue weighted by Gasteiger charge is -2.12. The number of sulfonamides is 1. The quantitative estimate of drug-likeness (QED) is 0.899. The van der Waals surface area contributed by atoms with Crippen molar-refractivity contribution in [3.8, 4) is 0 Å². The van der Waals surface area contributed by atoms with Crippen LogP contribution in [0.4, 0.5) is 5.69 Å². The predicted octanol–water partition coefficient (Wildman–Crippen LogP) is 3.12. The Morgan fingerprint density at radius 2 is 1.96 bits per heavy atom. The van der Waals surface area contributed by atoms with Crippen molar-refractivity contribution in [1.82, 2.24) is 4.31 Å². The molecule has 1 amide bonds. The Bertz CT molecular complexity index is 824. The van der Waals surface area contributed by atoms with E-state index in [1.807, 2.05) is 13.0 Å². The molecule has 1 aromatic carbocycles. The minimum absolute atomic E-state index is 0.150. The minimum atomic E-state index is -3.52. The first-order valence-corrected chi connectivity index (χ1v) is 9.44. The summed E-state index contributed by atoms with van der Waals surface area (Å²) in [6.45, 7) is 4.03. The molecule has 0 atom stereocenters. The fourth-order valence-corrected chi connectivity index (χ4v) is 4.08. The van der Waals surface area contributed by atoms with Crippen molar-refractivity contribution in [2.75, 3.05) is 19.4 Å². The van der Waals surface area contributed by atoms with E-state index in [-0.39, 0.29) is 10.8 Å². The van der Waals surface area contributed by atoms with Crippen LogP contribution in [0.25, 0.3) is 0 Å². The number of hydrogen-bond acceptors (Lipinski definition) is 4. The lowest BCUT2D eigenvalue weighted by Crippen LogP contribution is -2.22. The number of rotatable bonds is 5. The van der Waals surface area contributed by atoms with Gasteiger partial charge in [-0.05, 0) is 43.2 Å². The summed E-state index contributed by atoms with van der Waals surface area (Å²) in [6, 6.07) is 8.13. The van der Waals surface area contributed by atoms with E-state index in [2.05, 4.69) is 12.2 Å². The third kappa shape index (κ3) is 3.80. The van der Waals surface area contributed by atoms with Crippen molar-refractivity contribution in [2.24, 2.45) is 0 Å². The van der Waals surface area contributed by atoms with E-state index >= 15 is 0 Å². The highest BCUT2D eigenvalue weighted by atomic mass is 32.2. The van der Waals surface area contributed by atoms with Crippen LogP contribution in [0.2, 0.25) is 0 Å². The molecule has 7 heteroatoms. The van der Waals surface area contributed by atoms with Crippen LogP contribution in [-0.4, -0.2) is 32.7 Å². The van der Waals surface area contributed by atoms with Crippen LogP contribution in [0.3, 0.4) is 0 Å². The number of nitrogens with one attached hydrogen (secondary N) is 1. The Morgan fingerprint density at radius 1 is 1.26 bits per heavy atom. The fraction of sp³-hybridized carbons (Fsp3) is 0.312. The third-order valence-corrected chi connectivity index (χ3v) is 6.63. The lowest BCUT2D eigenvalue weighted by atomic mass is 10.2. The summed E-state index contributed by atoms with van der Waals surface area (Å²) in [5, 5.41) is 2.76. The molecule has 1 N–H and O–H groups in total. The summed E-state index contributed by atoms with van der Waals surface area (Å²) in [5.74, 6) is -0.225. The monoisotopic (exact) mass is 352 g/mol. The molecule has 0 spiro atoms. The first-order valence-electron chi connectivity index (χ1n) is 7.19. The SMILES string of the molecule is CCc1sc(C(=O)Nc2cccc(S(=O)(=O)N(C)C)c2)cc1C. The van der Waals surface area contributed by atoms with Crippen molar-refractivity contribution in [3.63, 3.8) is 0 Å². The summed E-state index contributed by atoms with van der Waals surface area (Å²) in [4.78, 5) is 14.3. The zero-order valence-electron chi connectivity index (χ0n) is 13.6. The molecular weight excluding hydrogens is 332 g/mol. The van der Waals surface area contributed by atoms with Crippen LogP contribution in [-0.2, 0) is 16.4 Å². The van der Waals surface area contributed by atoms with Crippen molar-refractivity contribution < 1.29 is 13.2 Å². The summed E-state index contributed by atoms with van der Waals surface area (Å²) < 4.78 is 25.4. The molecule has 0 aliphatic heterocycles. The minimum Gasteiger partial charge on any atom is -0.321 e. The van der Waals surface area contributed by atoms with E-state index in [0.717, 1.165) is 16.3 Å². The highest BCUT2D eigenvalue weighted by Gasteiger charge is 2.18. The van der Waals surface area contributed by atoms with E-state index in [0.29, 0.717) is 10.6 Å². The Hall–Kier alpha value is -1.70. The normalized spacial score (nSPS) is 11.7. The van der Waals surface area contributed by atoms with Crippen LogP contribution >= 0.6 is 11.3 Å². The lowest BCUT2D eigenvalue weighted by molar-refractivity contribution is 0.103. The number of anilines is 1. The molecular formula is C16H20N2O3S2. The maximum absolute atomic E-state index is 12.3. The van der Waals surface area contributed by atoms with Crippen LogP contribution in [0.15, 0.2) is 35.2 Å². The van der Waals surface area contributed by atoms with Gasteiger partial charge in [-0.1, -0.05) is 13.0 Å². The van der Waals surface area contributed by atoms with Crippen LogP contribution in [0.5, 0.6) is 0 Å². The van der Waals surface area contributed by atoms with Gasteiger partial charge in [0.25, 0.3) is 5.91 Å². The van der Waals surface area contributed by atoms with E-state index in [1.54, 1.807) is 12.1 Å². The zero-order valence-corrected chi connectivity index (χ0v) is 15.2. The molecule has 23 heavy (non-hydrogen) atoms. The number of thiophene rings is 1. The molecule has 1 heterocycles. The number of nitrogens with zero attached hydrogens (tertiary/aromatic N) is 1. The number of carbonyl (C=O) groups excluding carboxylic acids is 1. The van der Waals surface area contributed by atoms with Gasteiger partial charge in [0.05, 0.1) is 9.77 Å². The second-order valence-electron chi connectivity index (χ2n) is 5.34. The second kappa shape index (κ2) is 6.82. The molecule has 0 aliphatic carbocycles. The Kier molecular flexibility index (Phi) is 5.23. The zero-order chi connectivity index (χ0) is 17.2. The first kappa shape index (κ1) is 17.7. The molecule has 124 valence electrons. The summed E-state index contributed by atoms with van der Waals surface area (Å²) in [6.07, 6.45) is 0.889. The summed E-state index contributed by atoms with van der Waals surface area (Å²) in [7, 11) is -0.575. The third-order valence-electron chi connectivity index (χ3n) is 3.44. The van der Waals surface area contributed by atoms with E-state index < -0.39 is 10.0 Å². The average molecular weight is 352 g/mol. The number of amides is 1. The molecule has 0 unspecified atom stereocenters. The van der Waals surface area contributed by atoms with Crippen molar-refractivity contribution in [2.45, 2.75) is 25.2 Å². The molecule has 2 rings (SSSR count). The molecule has 1 aromatic heterocycles. The van der Waals surface area contributed by atoms with Gasteiger partial charge in [-0.3, -0.25) is 4.79 Å². The van der Waals surface area contributed by atoms with E-state index in [9.17, 15) is 13.2 Å². The van der Waals surface area contributed by atoms with Gasteiger partial charge < -0.3 is 5.32 Å². The van der Waals surface area contributed by atoms with Gasteiger partial charge in [-0.15, -0.1) is 11.3 Å². The second-order valence-corrected chi connectivity index (χ2v) is 8.63. The fourth-order valence-electron chi connectivity index (χ4n) is 2.12. The standard InChI is InChI=1S/C16H20N2O3S2/c1-5-14-11(2)9-15(22-14)16(19)17-12-7-6-8-13(10-12)23(20,21)18(3)4/h6-10H,5H2,1-4H3,(H,17,19). The van der Waals surface area contributed by atoms with E-state index in [4.69, 9.17) is 0 Å². The maximum Gasteiger partial charge on any atom is 0.265 e. The topological polar surface area (TPSA) is 66.5 Å². The average Bonchev–Trinajstić information content (AvgIpc) is 2.88. The summed E-state index contributed by atoms with van der Waals surface area (Å²) >= 11 is 1.46. The van der Waals surface area contributed by atoms with Crippen LogP contribution in [0, 0.1) is 6.92 Å². The first-order chi connectivity index (χ1) is 10.8. The van der Waals surface area contributed by atoms with E-state index in [1.165, 1.54) is 42.4 Å². The molecule has 0 bridgehead atoms. The van der Waals surface area contributed by atoms with Gasteiger partial charge in [0, 0.05) is 24.7 Å². The summed E-state index contributed by atoms with van der Waals surface area (Å²) in [5.41, 5.74) is 1.56. The highest BCUT2D eigenvalue weighted by Crippen LogP contribution is 2.24. The Morgan fingerprint density at radius 3 is 2.52 bits per heavy atom. The number of carbonyl (C=O) groups is 1. The number of benzene rings is 1. The van der Waals surface area contributed by atoms with Gasteiger partial charge >= 0.3 is 0 Å². The number of aryl methyl sites for hydroxylation is 2. The van der Waals surface area contributed by atoms with Crippen LogP contribution < -0.4 is 5.32 Å². The molecule has 0 aliphatic rings. The Labute approximate surface area is 141 Å². The van der Waals surface area contributed by atoms with Gasteiger partial charge in [0.1, 0.15) is 0 Å². The molecule has 0 saturated carbocycles. The maximum atomic E-state index is 12.3. The number of hydrogen-bond donors (Lipinski definition) is 1. The Balaban J connectivity index is 2.25.